The van der Waals surface area contributed by atoms with Crippen molar-refractivity contribution in [1.82, 2.24) is 25.4 Å². The van der Waals surface area contributed by atoms with E-state index in [-0.39, 0.29) is 24.0 Å². The van der Waals surface area contributed by atoms with E-state index in [1.54, 1.807) is 7.11 Å². The number of methoxy groups -OCH3 is 1. The van der Waals surface area contributed by atoms with Crippen LogP contribution in [0, 0.1) is 12.8 Å². The maximum absolute atomic E-state index is 5.24. The van der Waals surface area contributed by atoms with Gasteiger partial charge >= 0.3 is 0 Å². The predicted octanol–water partition coefficient (Wildman–Crippen LogP) is 4.39. The number of ether oxygens (including phenoxy) is 1. The minimum Gasteiger partial charge on any atom is -0.497 e. The minimum absolute atomic E-state index is 0. The lowest BCUT2D eigenvalue weighted by Gasteiger charge is -2.14. The molecule has 178 valence electrons. The van der Waals surface area contributed by atoms with Crippen LogP contribution in [0.25, 0.3) is 0 Å². The number of nitrogens with zero attached hydrogens (tertiary/aromatic N) is 4. The number of aliphatic imine (C=N–C) groups is 1. The summed E-state index contributed by atoms with van der Waals surface area (Å²) in [5.41, 5.74) is 1.27. The number of halogens is 1. The lowest BCUT2D eigenvalue weighted by molar-refractivity contribution is 0.414. The number of hydrogen-bond donors (Lipinski definition) is 2. The Morgan fingerprint density at radius 1 is 1.09 bits per heavy atom. The van der Waals surface area contributed by atoms with Gasteiger partial charge < -0.3 is 19.9 Å². The number of benzene rings is 1. The molecule has 0 saturated heterocycles. The number of aromatic nitrogens is 3. The van der Waals surface area contributed by atoms with E-state index in [9.17, 15) is 0 Å². The third-order valence-corrected chi connectivity index (χ3v) is 6.23. The first-order chi connectivity index (χ1) is 15.2. The fraction of sp³-hybridized carbons (Fsp3) is 0.625. The van der Waals surface area contributed by atoms with Crippen LogP contribution in [-0.2, 0) is 20.0 Å². The molecule has 0 radical (unpaired) electrons. The van der Waals surface area contributed by atoms with Crippen molar-refractivity contribution in [2.45, 2.75) is 64.8 Å². The summed E-state index contributed by atoms with van der Waals surface area (Å²) in [4.78, 5) is 4.75. The van der Waals surface area contributed by atoms with Gasteiger partial charge in [-0.05, 0) is 43.4 Å². The van der Waals surface area contributed by atoms with Crippen LogP contribution < -0.4 is 15.4 Å². The van der Waals surface area contributed by atoms with Crippen molar-refractivity contribution in [3.05, 3.63) is 41.5 Å². The summed E-state index contributed by atoms with van der Waals surface area (Å²) in [6, 6.07) is 8.22. The fourth-order valence-electron chi connectivity index (χ4n) is 4.09. The molecule has 1 aromatic heterocycles. The van der Waals surface area contributed by atoms with Crippen LogP contribution >= 0.6 is 24.0 Å². The second-order valence-electron chi connectivity index (χ2n) is 8.49. The minimum atomic E-state index is 0. The summed E-state index contributed by atoms with van der Waals surface area (Å²) >= 11 is 0. The van der Waals surface area contributed by atoms with Gasteiger partial charge in [-0.15, -0.1) is 34.2 Å². The van der Waals surface area contributed by atoms with Crippen molar-refractivity contribution in [3.63, 3.8) is 0 Å². The zero-order valence-electron chi connectivity index (χ0n) is 19.8. The second-order valence-corrected chi connectivity index (χ2v) is 8.49. The first-order valence-corrected chi connectivity index (χ1v) is 11.7. The highest BCUT2D eigenvalue weighted by molar-refractivity contribution is 14.0. The standard InChI is InChI=1S/C24H38N6O.HI/c1-19-28-29-23(30(19)2)18-27-24(25-16-7-6-10-20-8-4-5-9-20)26-17-15-21-11-13-22(31-3)14-12-21;/h11-14,20H,4-10,15-18H2,1-3H3,(H2,25,26,27);1H. The van der Waals surface area contributed by atoms with Gasteiger partial charge in [0.15, 0.2) is 11.8 Å². The van der Waals surface area contributed by atoms with Crippen molar-refractivity contribution < 1.29 is 4.74 Å². The van der Waals surface area contributed by atoms with Gasteiger partial charge in [0.1, 0.15) is 18.1 Å². The van der Waals surface area contributed by atoms with E-state index < -0.39 is 0 Å². The molecule has 1 aliphatic rings. The summed E-state index contributed by atoms with van der Waals surface area (Å²) in [7, 11) is 3.67. The zero-order chi connectivity index (χ0) is 21.9. The van der Waals surface area contributed by atoms with E-state index >= 15 is 0 Å². The lowest BCUT2D eigenvalue weighted by atomic mass is 10.0. The maximum atomic E-state index is 5.24. The smallest absolute Gasteiger partial charge is 0.191 e. The van der Waals surface area contributed by atoms with Crippen LogP contribution in [0.15, 0.2) is 29.3 Å². The Labute approximate surface area is 209 Å². The molecule has 0 atom stereocenters. The summed E-state index contributed by atoms with van der Waals surface area (Å²) in [6.07, 6.45) is 10.5. The highest BCUT2D eigenvalue weighted by Crippen LogP contribution is 2.28. The van der Waals surface area contributed by atoms with Gasteiger partial charge in [-0.2, -0.15) is 0 Å². The maximum Gasteiger partial charge on any atom is 0.191 e. The number of guanidine groups is 1. The van der Waals surface area contributed by atoms with Crippen LogP contribution in [0.1, 0.15) is 62.2 Å². The summed E-state index contributed by atoms with van der Waals surface area (Å²) < 4.78 is 7.22. The summed E-state index contributed by atoms with van der Waals surface area (Å²) in [5.74, 6) is 4.47. The van der Waals surface area contributed by atoms with E-state index in [0.29, 0.717) is 6.54 Å². The first kappa shape index (κ1) is 26.4. The van der Waals surface area contributed by atoms with Crippen LogP contribution in [0.5, 0.6) is 5.75 Å². The van der Waals surface area contributed by atoms with E-state index in [2.05, 4.69) is 33.0 Å². The SMILES string of the molecule is COc1ccc(CCNC(=NCc2nnc(C)n2C)NCCCCC2CCCC2)cc1.I. The van der Waals surface area contributed by atoms with E-state index in [4.69, 9.17) is 9.73 Å². The van der Waals surface area contributed by atoms with Gasteiger partial charge in [0, 0.05) is 20.1 Å². The molecule has 1 fully saturated rings. The Kier molecular flexibility index (Phi) is 11.8. The molecule has 7 nitrogen and oxygen atoms in total. The first-order valence-electron chi connectivity index (χ1n) is 11.7. The molecule has 0 spiro atoms. The summed E-state index contributed by atoms with van der Waals surface area (Å²) in [5, 5.41) is 15.3. The monoisotopic (exact) mass is 554 g/mol. The molecule has 2 N–H and O–H groups in total. The molecule has 1 aliphatic carbocycles. The molecule has 3 rings (SSSR count). The van der Waals surface area contributed by atoms with Crippen LogP contribution in [0.3, 0.4) is 0 Å². The molecule has 0 bridgehead atoms. The number of aryl methyl sites for hydroxylation is 1. The Morgan fingerprint density at radius 2 is 1.81 bits per heavy atom. The average Bonchev–Trinajstić information content (AvgIpc) is 3.42. The molecule has 0 aliphatic heterocycles. The number of hydrogen-bond acceptors (Lipinski definition) is 4. The highest BCUT2D eigenvalue weighted by Gasteiger charge is 2.14. The average molecular weight is 555 g/mol. The molecule has 0 amide bonds. The molecule has 2 aromatic rings. The van der Waals surface area contributed by atoms with Gasteiger partial charge in [-0.1, -0.05) is 50.7 Å². The Morgan fingerprint density at radius 3 is 2.47 bits per heavy atom. The van der Waals surface area contributed by atoms with Crippen molar-refractivity contribution in [2.24, 2.45) is 18.0 Å². The highest BCUT2D eigenvalue weighted by atomic mass is 127. The topological polar surface area (TPSA) is 76.4 Å². The zero-order valence-corrected chi connectivity index (χ0v) is 22.1. The quantitative estimate of drug-likeness (QED) is 0.187. The van der Waals surface area contributed by atoms with E-state index in [0.717, 1.165) is 48.8 Å². The van der Waals surface area contributed by atoms with Crippen molar-refractivity contribution >= 4 is 29.9 Å². The van der Waals surface area contributed by atoms with Crippen molar-refractivity contribution in [2.75, 3.05) is 20.2 Å². The molecule has 1 saturated carbocycles. The molecule has 1 heterocycles. The van der Waals surface area contributed by atoms with E-state index in [1.807, 2.05) is 30.7 Å². The van der Waals surface area contributed by atoms with Gasteiger partial charge in [0.2, 0.25) is 0 Å². The fourth-order valence-corrected chi connectivity index (χ4v) is 4.09. The molecule has 0 unspecified atom stereocenters. The van der Waals surface area contributed by atoms with Crippen LogP contribution in [-0.4, -0.2) is 40.9 Å². The second kappa shape index (κ2) is 14.3. The Bertz CT molecular complexity index is 814. The number of nitrogens with one attached hydrogen (secondary N) is 2. The van der Waals surface area contributed by atoms with Crippen LogP contribution in [0.4, 0.5) is 0 Å². The normalized spacial score (nSPS) is 14.3. The van der Waals surface area contributed by atoms with E-state index in [1.165, 1.54) is 50.5 Å². The van der Waals surface area contributed by atoms with Crippen LogP contribution in [0.2, 0.25) is 0 Å². The third-order valence-electron chi connectivity index (χ3n) is 6.23. The molecular formula is C24H39IN6O. The Balaban J connectivity index is 0.00000363. The number of rotatable bonds is 11. The molecule has 1 aromatic carbocycles. The largest absolute Gasteiger partial charge is 0.497 e. The molecular weight excluding hydrogens is 515 g/mol. The molecule has 32 heavy (non-hydrogen) atoms. The lowest BCUT2D eigenvalue weighted by Crippen LogP contribution is -2.39. The van der Waals surface area contributed by atoms with Crippen molar-refractivity contribution in [1.29, 1.82) is 0 Å². The van der Waals surface area contributed by atoms with Gasteiger partial charge in [0.05, 0.1) is 7.11 Å². The summed E-state index contributed by atoms with van der Waals surface area (Å²) in [6.45, 7) is 4.23. The van der Waals surface area contributed by atoms with Crippen molar-refractivity contribution in [3.8, 4) is 5.75 Å². The van der Waals surface area contributed by atoms with Gasteiger partial charge in [-0.3, -0.25) is 0 Å². The van der Waals surface area contributed by atoms with Gasteiger partial charge in [0.25, 0.3) is 0 Å². The number of unbranched alkanes of at least 4 members (excludes halogenated alkanes) is 1. The predicted molar refractivity (Wildman–Crippen MR) is 141 cm³/mol. The third kappa shape index (κ3) is 8.60. The van der Waals surface area contributed by atoms with Gasteiger partial charge in [-0.25, -0.2) is 4.99 Å². The molecule has 8 heteroatoms. The Hall–Kier alpha value is -1.84.